The molecule has 10 heteroatoms. The Bertz CT molecular complexity index is 1220. The second kappa shape index (κ2) is 10.1. The lowest BCUT2D eigenvalue weighted by atomic mass is 10.00. The smallest absolute Gasteiger partial charge is 0.340 e. The molecule has 0 unspecified atom stereocenters. The quantitative estimate of drug-likeness (QED) is 0.188. The number of nitrogens with two attached hydrogens (primary N) is 1. The van der Waals surface area contributed by atoms with Crippen molar-refractivity contribution < 1.29 is 14.5 Å². The molecule has 0 aliphatic heterocycles. The third kappa shape index (κ3) is 6.26. The molecule has 3 aromatic rings. The van der Waals surface area contributed by atoms with Gasteiger partial charge in [0.2, 0.25) is 5.82 Å². The molecule has 0 spiro atoms. The number of esters is 1. The van der Waals surface area contributed by atoms with Crippen molar-refractivity contribution in [3.63, 3.8) is 0 Å². The van der Waals surface area contributed by atoms with Crippen LogP contribution in [0.1, 0.15) is 43.1 Å². The van der Waals surface area contributed by atoms with Crippen LogP contribution in [0.2, 0.25) is 5.02 Å². The predicted octanol–water partition coefficient (Wildman–Crippen LogP) is 5.46. The fourth-order valence-electron chi connectivity index (χ4n) is 3.48. The van der Waals surface area contributed by atoms with Crippen LogP contribution < -0.4 is 11.1 Å². The molecule has 0 aliphatic carbocycles. The molecular formula is C24H28ClN5O4. The number of aromatic nitrogens is 2. The Kier molecular flexibility index (Phi) is 7.46. The maximum absolute atomic E-state index is 12.9. The van der Waals surface area contributed by atoms with Crippen molar-refractivity contribution in [2.75, 3.05) is 17.6 Å². The number of nitrogen functional groups attached to an aromatic ring is 1. The summed E-state index contributed by atoms with van der Waals surface area (Å²) in [7, 11) is 0. The van der Waals surface area contributed by atoms with Crippen LogP contribution in [0.15, 0.2) is 42.7 Å². The maximum atomic E-state index is 12.9. The minimum Gasteiger partial charge on any atom is -0.456 e. The molecule has 0 saturated heterocycles. The molecule has 3 rings (SSSR count). The van der Waals surface area contributed by atoms with Crippen LogP contribution in [-0.2, 0) is 11.3 Å². The van der Waals surface area contributed by atoms with Crippen LogP contribution in [0.3, 0.4) is 0 Å². The lowest BCUT2D eigenvalue weighted by Gasteiger charge is -2.19. The van der Waals surface area contributed by atoms with Gasteiger partial charge >= 0.3 is 11.7 Å². The summed E-state index contributed by atoms with van der Waals surface area (Å²) >= 11 is 6.12. The van der Waals surface area contributed by atoms with Crippen molar-refractivity contribution in [1.82, 2.24) is 9.55 Å². The van der Waals surface area contributed by atoms with E-state index in [4.69, 9.17) is 22.1 Å². The molecule has 0 amide bonds. The SMILES string of the molecule is Cc1cc(Cl)ccc1-c1cn(CCCNc2ccc([N+](=O)[O-])c(N)n2)cc1C(=O)OC(C)(C)C. The van der Waals surface area contributed by atoms with E-state index < -0.39 is 10.5 Å². The standard InChI is InChI=1S/C24H28ClN5O4/c1-15-12-16(25)6-7-17(15)18-13-29(14-19(18)23(31)34-24(2,3)4)11-5-10-27-21-9-8-20(30(32)33)22(26)28-21/h6-9,12-14H,5,10-11H2,1-4H3,(H3,26,27,28). The highest BCUT2D eigenvalue weighted by Crippen LogP contribution is 2.31. The van der Waals surface area contributed by atoms with Gasteiger partial charge in [0.15, 0.2) is 0 Å². The number of halogens is 1. The number of aryl methyl sites for hydroxylation is 2. The molecule has 34 heavy (non-hydrogen) atoms. The predicted molar refractivity (Wildman–Crippen MR) is 133 cm³/mol. The number of nitro groups is 1. The van der Waals surface area contributed by atoms with E-state index in [0.717, 1.165) is 16.7 Å². The van der Waals surface area contributed by atoms with E-state index in [9.17, 15) is 14.9 Å². The number of ether oxygens (including phenoxy) is 1. The van der Waals surface area contributed by atoms with E-state index in [1.54, 1.807) is 12.3 Å². The number of carbonyl (C=O) groups excluding carboxylic acids is 1. The Balaban J connectivity index is 1.75. The van der Waals surface area contributed by atoms with Crippen LogP contribution in [-0.4, -0.2) is 32.6 Å². The minimum absolute atomic E-state index is 0.134. The number of anilines is 2. The molecule has 0 fully saturated rings. The zero-order chi connectivity index (χ0) is 25.0. The number of rotatable bonds is 8. The lowest BCUT2D eigenvalue weighted by Crippen LogP contribution is -2.24. The van der Waals surface area contributed by atoms with E-state index in [1.807, 2.05) is 50.6 Å². The molecule has 3 N–H and O–H groups in total. The second-order valence-corrected chi connectivity index (χ2v) is 9.36. The first-order chi connectivity index (χ1) is 15.9. The average molecular weight is 486 g/mol. The van der Waals surface area contributed by atoms with Gasteiger partial charge in [-0.25, -0.2) is 9.78 Å². The van der Waals surface area contributed by atoms with Gasteiger partial charge in [0, 0.05) is 42.1 Å². The molecule has 0 aliphatic rings. The summed E-state index contributed by atoms with van der Waals surface area (Å²) in [5.74, 6) is -0.0628. The molecule has 0 atom stereocenters. The molecule has 9 nitrogen and oxygen atoms in total. The number of nitrogens with zero attached hydrogens (tertiary/aromatic N) is 3. The number of benzene rings is 1. The molecule has 2 aromatic heterocycles. The Hall–Kier alpha value is -3.59. The van der Waals surface area contributed by atoms with Gasteiger partial charge in [-0.15, -0.1) is 0 Å². The first kappa shape index (κ1) is 25.0. The number of hydrogen-bond donors (Lipinski definition) is 2. The van der Waals surface area contributed by atoms with Gasteiger partial charge in [-0.3, -0.25) is 10.1 Å². The Morgan fingerprint density at radius 3 is 2.59 bits per heavy atom. The highest BCUT2D eigenvalue weighted by atomic mass is 35.5. The second-order valence-electron chi connectivity index (χ2n) is 8.92. The van der Waals surface area contributed by atoms with Gasteiger partial charge in [-0.2, -0.15) is 0 Å². The van der Waals surface area contributed by atoms with E-state index in [-0.39, 0.29) is 17.5 Å². The monoisotopic (exact) mass is 485 g/mol. The molecule has 180 valence electrons. The first-order valence-corrected chi connectivity index (χ1v) is 11.2. The Labute approximate surface area is 203 Å². The van der Waals surface area contributed by atoms with Crippen molar-refractivity contribution in [3.05, 3.63) is 69.0 Å². The van der Waals surface area contributed by atoms with Crippen LogP contribution in [0.25, 0.3) is 11.1 Å². The topological polar surface area (TPSA) is 125 Å². The fourth-order valence-corrected chi connectivity index (χ4v) is 3.70. The van der Waals surface area contributed by atoms with E-state index in [2.05, 4.69) is 10.3 Å². The summed E-state index contributed by atoms with van der Waals surface area (Å²) < 4.78 is 7.57. The van der Waals surface area contributed by atoms with Gasteiger partial charge in [0.05, 0.1) is 10.5 Å². The summed E-state index contributed by atoms with van der Waals surface area (Å²) in [6, 6.07) is 8.40. The maximum Gasteiger partial charge on any atom is 0.340 e. The summed E-state index contributed by atoms with van der Waals surface area (Å²) in [5, 5.41) is 14.6. The van der Waals surface area contributed by atoms with Crippen LogP contribution >= 0.6 is 11.6 Å². The number of hydrogen-bond acceptors (Lipinski definition) is 7. The molecule has 2 heterocycles. The van der Waals surface area contributed by atoms with E-state index in [0.29, 0.717) is 35.9 Å². The molecule has 0 bridgehead atoms. The summed E-state index contributed by atoms with van der Waals surface area (Å²) in [6.45, 7) is 8.63. The van der Waals surface area contributed by atoms with Gasteiger partial charge in [-0.05, 0) is 63.4 Å². The van der Waals surface area contributed by atoms with Gasteiger partial charge in [0.25, 0.3) is 0 Å². The average Bonchev–Trinajstić information content (AvgIpc) is 3.14. The van der Waals surface area contributed by atoms with Crippen LogP contribution in [0.4, 0.5) is 17.3 Å². The molecule has 0 radical (unpaired) electrons. The van der Waals surface area contributed by atoms with Gasteiger partial charge in [0.1, 0.15) is 11.4 Å². The highest BCUT2D eigenvalue weighted by molar-refractivity contribution is 6.30. The Morgan fingerprint density at radius 2 is 1.97 bits per heavy atom. The first-order valence-electron chi connectivity index (χ1n) is 10.8. The fraction of sp³-hybridized carbons (Fsp3) is 0.333. The number of nitrogens with one attached hydrogen (secondary N) is 1. The van der Waals surface area contributed by atoms with Gasteiger partial charge in [-0.1, -0.05) is 17.7 Å². The summed E-state index contributed by atoms with van der Waals surface area (Å²) in [4.78, 5) is 27.2. The largest absolute Gasteiger partial charge is 0.456 e. The van der Waals surface area contributed by atoms with Crippen LogP contribution in [0.5, 0.6) is 0 Å². The molecular weight excluding hydrogens is 458 g/mol. The summed E-state index contributed by atoms with van der Waals surface area (Å²) in [5.41, 5.74) is 7.93. The minimum atomic E-state index is -0.616. The van der Waals surface area contributed by atoms with Crippen LogP contribution in [0, 0.1) is 17.0 Å². The number of carbonyl (C=O) groups is 1. The third-order valence-electron chi connectivity index (χ3n) is 4.98. The van der Waals surface area contributed by atoms with Crippen molar-refractivity contribution >= 4 is 34.9 Å². The van der Waals surface area contributed by atoms with Crippen molar-refractivity contribution in [1.29, 1.82) is 0 Å². The normalized spacial score (nSPS) is 11.3. The molecule has 0 saturated carbocycles. The van der Waals surface area contributed by atoms with E-state index in [1.165, 1.54) is 12.1 Å². The summed E-state index contributed by atoms with van der Waals surface area (Å²) in [6.07, 6.45) is 4.43. The Morgan fingerprint density at radius 1 is 1.24 bits per heavy atom. The molecule has 1 aromatic carbocycles. The van der Waals surface area contributed by atoms with Crippen molar-refractivity contribution in [3.8, 4) is 11.1 Å². The van der Waals surface area contributed by atoms with Crippen molar-refractivity contribution in [2.24, 2.45) is 0 Å². The van der Waals surface area contributed by atoms with Gasteiger partial charge < -0.3 is 20.4 Å². The highest BCUT2D eigenvalue weighted by Gasteiger charge is 2.23. The van der Waals surface area contributed by atoms with E-state index >= 15 is 0 Å². The lowest BCUT2D eigenvalue weighted by molar-refractivity contribution is -0.384. The zero-order valence-corrected chi connectivity index (χ0v) is 20.3. The van der Waals surface area contributed by atoms with Crippen molar-refractivity contribution in [2.45, 2.75) is 46.3 Å². The zero-order valence-electron chi connectivity index (χ0n) is 19.6. The third-order valence-corrected chi connectivity index (χ3v) is 5.21. The number of pyridine rings is 1.